The summed E-state index contributed by atoms with van der Waals surface area (Å²) in [6.45, 7) is 2.05. The van der Waals surface area contributed by atoms with E-state index in [2.05, 4.69) is 0 Å². The molecule has 2 aromatic carbocycles. The van der Waals surface area contributed by atoms with Crippen molar-refractivity contribution in [2.24, 2.45) is 0 Å². The molecule has 0 spiro atoms. The minimum atomic E-state index is -1.02. The Kier molecular flexibility index (Phi) is 4.79. The molecule has 130 valence electrons. The molecule has 0 aromatic heterocycles. The molecular formula is C19H18F2N2O2. The van der Waals surface area contributed by atoms with E-state index in [9.17, 15) is 18.4 Å². The normalized spacial score (nSPS) is 12.8. The zero-order valence-electron chi connectivity index (χ0n) is 13.8. The van der Waals surface area contributed by atoms with Crippen LogP contribution in [-0.2, 0) is 16.0 Å². The Morgan fingerprint density at radius 3 is 2.60 bits per heavy atom. The van der Waals surface area contributed by atoms with Gasteiger partial charge in [-0.15, -0.1) is 0 Å². The van der Waals surface area contributed by atoms with Gasteiger partial charge in [0.1, 0.15) is 0 Å². The second-order valence-corrected chi connectivity index (χ2v) is 5.94. The number of para-hydroxylation sites is 1. The van der Waals surface area contributed by atoms with Crippen LogP contribution in [0.25, 0.3) is 0 Å². The maximum Gasteiger partial charge on any atom is 0.228 e. The quantitative estimate of drug-likeness (QED) is 0.854. The number of carbonyl (C=O) groups excluding carboxylic acids is 2. The number of nitrogens with zero attached hydrogens (tertiary/aromatic N) is 2. The number of hydrogen-bond acceptors (Lipinski definition) is 2. The zero-order valence-corrected chi connectivity index (χ0v) is 13.8. The van der Waals surface area contributed by atoms with E-state index in [0.717, 1.165) is 29.8 Å². The van der Waals surface area contributed by atoms with E-state index < -0.39 is 11.6 Å². The number of amides is 2. The van der Waals surface area contributed by atoms with E-state index in [4.69, 9.17) is 0 Å². The molecular weight excluding hydrogens is 326 g/mol. The van der Waals surface area contributed by atoms with E-state index in [0.29, 0.717) is 6.54 Å². The van der Waals surface area contributed by atoms with Crippen molar-refractivity contribution in [3.63, 3.8) is 0 Å². The van der Waals surface area contributed by atoms with Gasteiger partial charge in [-0.3, -0.25) is 9.59 Å². The fourth-order valence-corrected chi connectivity index (χ4v) is 3.06. The molecule has 0 fully saturated rings. The van der Waals surface area contributed by atoms with Crippen LogP contribution >= 0.6 is 0 Å². The molecule has 0 N–H and O–H groups in total. The molecule has 3 rings (SSSR count). The third-order valence-electron chi connectivity index (χ3n) is 4.33. The van der Waals surface area contributed by atoms with Gasteiger partial charge in [-0.25, -0.2) is 8.78 Å². The summed E-state index contributed by atoms with van der Waals surface area (Å²) in [5.41, 5.74) is 2.26. The van der Waals surface area contributed by atoms with Crippen molar-refractivity contribution < 1.29 is 18.4 Å². The number of carbonyl (C=O) groups is 2. The van der Waals surface area contributed by atoms with Crippen LogP contribution in [0, 0.1) is 11.6 Å². The molecule has 2 aromatic rings. The van der Waals surface area contributed by atoms with Crippen LogP contribution in [0.3, 0.4) is 0 Å². The highest BCUT2D eigenvalue weighted by Crippen LogP contribution is 2.28. The van der Waals surface area contributed by atoms with Crippen molar-refractivity contribution in [1.82, 2.24) is 0 Å². The molecule has 6 heteroatoms. The lowest BCUT2D eigenvalue weighted by atomic mass is 10.2. The lowest BCUT2D eigenvalue weighted by Gasteiger charge is -2.23. The number of anilines is 2. The molecule has 1 heterocycles. The van der Waals surface area contributed by atoms with Gasteiger partial charge in [0.25, 0.3) is 0 Å². The Hall–Kier alpha value is -2.76. The largest absolute Gasteiger partial charge is 0.312 e. The first-order chi connectivity index (χ1) is 12.0. The smallest absolute Gasteiger partial charge is 0.228 e. The maximum atomic E-state index is 13.4. The second-order valence-electron chi connectivity index (χ2n) is 5.94. The SMILES string of the molecule is CC(=O)N(CCC(=O)N1CCc2ccccc21)c1ccc(F)c(F)c1. The highest BCUT2D eigenvalue weighted by molar-refractivity contribution is 5.97. The van der Waals surface area contributed by atoms with Crippen LogP contribution in [0.5, 0.6) is 0 Å². The molecule has 0 atom stereocenters. The lowest BCUT2D eigenvalue weighted by Crippen LogP contribution is -2.35. The van der Waals surface area contributed by atoms with Crippen LogP contribution in [-0.4, -0.2) is 24.9 Å². The lowest BCUT2D eigenvalue weighted by molar-refractivity contribution is -0.118. The molecule has 4 nitrogen and oxygen atoms in total. The van der Waals surface area contributed by atoms with Crippen molar-refractivity contribution >= 4 is 23.2 Å². The fourth-order valence-electron chi connectivity index (χ4n) is 3.06. The highest BCUT2D eigenvalue weighted by atomic mass is 19.2. The summed E-state index contributed by atoms with van der Waals surface area (Å²) in [5.74, 6) is -2.43. The number of hydrogen-bond donors (Lipinski definition) is 0. The van der Waals surface area contributed by atoms with Gasteiger partial charge >= 0.3 is 0 Å². The number of benzene rings is 2. The summed E-state index contributed by atoms with van der Waals surface area (Å²) in [6, 6.07) is 11.0. The predicted molar refractivity (Wildman–Crippen MR) is 91.5 cm³/mol. The first kappa shape index (κ1) is 17.1. The Bertz CT molecular complexity index is 823. The third-order valence-corrected chi connectivity index (χ3v) is 4.33. The average molecular weight is 344 g/mol. The number of rotatable bonds is 4. The van der Waals surface area contributed by atoms with E-state index in [1.54, 1.807) is 4.90 Å². The van der Waals surface area contributed by atoms with Crippen LogP contribution in [0.2, 0.25) is 0 Å². The second kappa shape index (κ2) is 7.01. The van der Waals surface area contributed by atoms with Gasteiger partial charge in [0.15, 0.2) is 11.6 Å². The molecule has 0 radical (unpaired) electrons. The van der Waals surface area contributed by atoms with Gasteiger partial charge in [0, 0.05) is 43.9 Å². The first-order valence-electron chi connectivity index (χ1n) is 8.09. The van der Waals surface area contributed by atoms with Gasteiger partial charge in [-0.05, 0) is 30.2 Å². The van der Waals surface area contributed by atoms with Gasteiger partial charge in [0.2, 0.25) is 11.8 Å². The summed E-state index contributed by atoms with van der Waals surface area (Å²) < 4.78 is 26.5. The molecule has 0 aliphatic carbocycles. The minimum absolute atomic E-state index is 0.0983. The van der Waals surface area contributed by atoms with Crippen LogP contribution < -0.4 is 9.80 Å². The molecule has 25 heavy (non-hydrogen) atoms. The third kappa shape index (κ3) is 3.52. The molecule has 0 bridgehead atoms. The minimum Gasteiger partial charge on any atom is -0.312 e. The molecule has 0 unspecified atom stereocenters. The Balaban J connectivity index is 1.71. The Morgan fingerprint density at radius 1 is 1.12 bits per heavy atom. The number of fused-ring (bicyclic) bond motifs is 1. The van der Waals surface area contributed by atoms with Gasteiger partial charge in [-0.1, -0.05) is 18.2 Å². The molecule has 2 amide bonds. The predicted octanol–water partition coefficient (Wildman–Crippen LogP) is 3.30. The zero-order chi connectivity index (χ0) is 18.0. The van der Waals surface area contributed by atoms with E-state index >= 15 is 0 Å². The van der Waals surface area contributed by atoms with Crippen molar-refractivity contribution in [2.45, 2.75) is 19.8 Å². The average Bonchev–Trinajstić information content (AvgIpc) is 3.02. The Morgan fingerprint density at radius 2 is 1.88 bits per heavy atom. The summed E-state index contributed by atoms with van der Waals surface area (Å²) >= 11 is 0. The standard InChI is InChI=1S/C19H18F2N2O2/c1-13(24)22(15-6-7-16(20)17(21)12-15)11-9-19(25)23-10-8-14-4-2-3-5-18(14)23/h2-7,12H,8-11H2,1H3. The fraction of sp³-hybridized carbons (Fsp3) is 0.263. The van der Waals surface area contributed by atoms with Crippen molar-refractivity contribution in [2.75, 3.05) is 22.9 Å². The van der Waals surface area contributed by atoms with Gasteiger partial charge < -0.3 is 9.80 Å². The molecule has 0 saturated heterocycles. The first-order valence-corrected chi connectivity index (χ1v) is 8.09. The Labute approximate surface area is 144 Å². The van der Waals surface area contributed by atoms with Crippen molar-refractivity contribution in [1.29, 1.82) is 0 Å². The summed E-state index contributed by atoms with van der Waals surface area (Å²) in [7, 11) is 0. The van der Waals surface area contributed by atoms with E-state index in [-0.39, 0.29) is 30.5 Å². The number of halogens is 2. The van der Waals surface area contributed by atoms with Gasteiger partial charge in [0.05, 0.1) is 0 Å². The van der Waals surface area contributed by atoms with Crippen molar-refractivity contribution in [3.8, 4) is 0 Å². The van der Waals surface area contributed by atoms with Gasteiger partial charge in [-0.2, -0.15) is 0 Å². The van der Waals surface area contributed by atoms with E-state index in [1.807, 2.05) is 24.3 Å². The summed E-state index contributed by atoms with van der Waals surface area (Å²) in [5, 5.41) is 0. The molecule has 0 saturated carbocycles. The monoisotopic (exact) mass is 344 g/mol. The highest BCUT2D eigenvalue weighted by Gasteiger charge is 2.25. The van der Waals surface area contributed by atoms with Crippen LogP contribution in [0.4, 0.5) is 20.2 Å². The van der Waals surface area contributed by atoms with Crippen LogP contribution in [0.15, 0.2) is 42.5 Å². The maximum absolute atomic E-state index is 13.4. The van der Waals surface area contributed by atoms with Crippen molar-refractivity contribution in [3.05, 3.63) is 59.7 Å². The van der Waals surface area contributed by atoms with E-state index in [1.165, 1.54) is 17.9 Å². The molecule has 1 aliphatic rings. The molecule has 1 aliphatic heterocycles. The topological polar surface area (TPSA) is 40.6 Å². The van der Waals surface area contributed by atoms with Crippen LogP contribution in [0.1, 0.15) is 18.9 Å². The summed E-state index contributed by atoms with van der Waals surface area (Å²) in [6.07, 6.45) is 0.911. The summed E-state index contributed by atoms with van der Waals surface area (Å²) in [4.78, 5) is 27.4.